The molecule has 0 saturated heterocycles. The summed E-state index contributed by atoms with van der Waals surface area (Å²) in [6.07, 6.45) is 0.614. The van der Waals surface area contributed by atoms with Crippen molar-refractivity contribution in [1.29, 1.82) is 0 Å². The number of hydrogen-bond donors (Lipinski definition) is 1. The predicted molar refractivity (Wildman–Crippen MR) is 84.7 cm³/mol. The first-order valence-electron chi connectivity index (χ1n) is 6.62. The van der Waals surface area contributed by atoms with E-state index in [9.17, 15) is 5.11 Å². The van der Waals surface area contributed by atoms with Crippen LogP contribution in [0.3, 0.4) is 0 Å². The molecule has 2 heteroatoms. The molecule has 0 amide bonds. The molecule has 102 valence electrons. The number of benzene rings is 2. The van der Waals surface area contributed by atoms with Gasteiger partial charge in [0, 0.05) is 10.6 Å². The van der Waals surface area contributed by atoms with Gasteiger partial charge in [-0.3, -0.25) is 0 Å². The summed E-state index contributed by atoms with van der Waals surface area (Å²) in [6.45, 7) is 3.64. The molecule has 0 aliphatic carbocycles. The van der Waals surface area contributed by atoms with Crippen LogP contribution in [-0.2, 0) is 0 Å². The van der Waals surface area contributed by atoms with E-state index in [2.05, 4.69) is 11.8 Å². The molecular weight excluding hydrogens is 268 g/mol. The maximum Gasteiger partial charge on any atom is 0.122 e. The van der Waals surface area contributed by atoms with Gasteiger partial charge >= 0.3 is 0 Å². The van der Waals surface area contributed by atoms with Gasteiger partial charge in [-0.2, -0.15) is 0 Å². The summed E-state index contributed by atoms with van der Waals surface area (Å²) >= 11 is 5.88. The zero-order valence-electron chi connectivity index (χ0n) is 11.7. The second-order valence-electron chi connectivity index (χ2n) is 4.96. The molecule has 2 aromatic carbocycles. The first-order valence-corrected chi connectivity index (χ1v) is 6.99. The van der Waals surface area contributed by atoms with Gasteiger partial charge in [0.25, 0.3) is 0 Å². The van der Waals surface area contributed by atoms with Crippen LogP contribution in [0.15, 0.2) is 48.5 Å². The van der Waals surface area contributed by atoms with Gasteiger partial charge in [-0.1, -0.05) is 54.6 Å². The van der Waals surface area contributed by atoms with Crippen LogP contribution in [0.4, 0.5) is 0 Å². The smallest absolute Gasteiger partial charge is 0.122 e. The van der Waals surface area contributed by atoms with Gasteiger partial charge in [-0.25, -0.2) is 0 Å². The summed E-state index contributed by atoms with van der Waals surface area (Å²) in [5.74, 6) is 5.88. The van der Waals surface area contributed by atoms with Gasteiger partial charge < -0.3 is 5.11 Å². The minimum atomic E-state index is -0.922. The molecular formula is C18H17ClO. The molecule has 1 N–H and O–H groups in total. The average molecular weight is 285 g/mol. The van der Waals surface area contributed by atoms with E-state index in [-0.39, 0.29) is 0 Å². The van der Waals surface area contributed by atoms with Crippen LogP contribution in [0.2, 0.25) is 5.02 Å². The molecule has 0 aliphatic rings. The second-order valence-corrected chi connectivity index (χ2v) is 5.40. The highest BCUT2D eigenvalue weighted by atomic mass is 35.5. The molecule has 0 bridgehead atoms. The maximum atomic E-state index is 9.86. The van der Waals surface area contributed by atoms with Crippen molar-refractivity contribution >= 4 is 11.6 Å². The lowest BCUT2D eigenvalue weighted by Crippen LogP contribution is -2.19. The number of halogens is 1. The molecule has 1 unspecified atom stereocenters. The molecule has 20 heavy (non-hydrogen) atoms. The summed E-state index contributed by atoms with van der Waals surface area (Å²) < 4.78 is 0. The van der Waals surface area contributed by atoms with Gasteiger partial charge in [0.15, 0.2) is 0 Å². The van der Waals surface area contributed by atoms with E-state index in [1.54, 1.807) is 6.92 Å². The summed E-state index contributed by atoms with van der Waals surface area (Å²) in [6, 6.07) is 15.7. The van der Waals surface area contributed by atoms with Crippen LogP contribution in [0.1, 0.15) is 25.8 Å². The Hall–Kier alpha value is -1.75. The van der Waals surface area contributed by atoms with E-state index >= 15 is 0 Å². The van der Waals surface area contributed by atoms with Gasteiger partial charge in [-0.05, 0) is 48.7 Å². The van der Waals surface area contributed by atoms with Gasteiger partial charge in [0.05, 0.1) is 0 Å². The lowest BCUT2D eigenvalue weighted by atomic mass is 10.0. The van der Waals surface area contributed by atoms with E-state index in [0.29, 0.717) is 6.42 Å². The highest BCUT2D eigenvalue weighted by Gasteiger charge is 2.12. The van der Waals surface area contributed by atoms with Gasteiger partial charge in [0.1, 0.15) is 5.60 Å². The molecule has 0 radical (unpaired) electrons. The second kappa shape index (κ2) is 6.13. The normalized spacial score (nSPS) is 13.2. The summed E-state index contributed by atoms with van der Waals surface area (Å²) in [5, 5.41) is 10.6. The molecule has 2 aromatic rings. The Kier molecular flexibility index (Phi) is 4.49. The van der Waals surface area contributed by atoms with E-state index in [0.717, 1.165) is 21.7 Å². The Morgan fingerprint density at radius 1 is 1.00 bits per heavy atom. The zero-order valence-corrected chi connectivity index (χ0v) is 12.4. The number of rotatable bonds is 2. The molecule has 2 rings (SSSR count). The highest BCUT2D eigenvalue weighted by molar-refractivity contribution is 6.30. The Bertz CT molecular complexity index is 628. The topological polar surface area (TPSA) is 20.2 Å². The van der Waals surface area contributed by atoms with Crippen LogP contribution in [0, 0.1) is 11.8 Å². The van der Waals surface area contributed by atoms with Crippen molar-refractivity contribution in [3.8, 4) is 23.0 Å². The van der Waals surface area contributed by atoms with E-state index < -0.39 is 5.60 Å². The summed E-state index contributed by atoms with van der Waals surface area (Å²) in [4.78, 5) is 0. The molecule has 1 atom stereocenters. The van der Waals surface area contributed by atoms with Crippen LogP contribution in [-0.4, -0.2) is 10.7 Å². The van der Waals surface area contributed by atoms with Crippen LogP contribution in [0.5, 0.6) is 0 Å². The maximum absolute atomic E-state index is 9.86. The summed E-state index contributed by atoms with van der Waals surface area (Å²) in [5.41, 5.74) is 2.22. The molecule has 0 fully saturated rings. The van der Waals surface area contributed by atoms with Gasteiger partial charge in [0.2, 0.25) is 0 Å². The third-order valence-electron chi connectivity index (χ3n) is 3.23. The highest BCUT2D eigenvalue weighted by Crippen LogP contribution is 2.21. The Morgan fingerprint density at radius 2 is 1.50 bits per heavy atom. The van der Waals surface area contributed by atoms with E-state index in [4.69, 9.17) is 11.6 Å². The SMILES string of the molecule is CCC(C)(O)C#Cc1ccc(-c2ccc(Cl)cc2)cc1. The third-order valence-corrected chi connectivity index (χ3v) is 3.48. The Labute approximate surface area is 125 Å². The molecule has 0 heterocycles. The van der Waals surface area contributed by atoms with Crippen molar-refractivity contribution < 1.29 is 5.11 Å². The molecule has 0 aliphatic heterocycles. The van der Waals surface area contributed by atoms with Crippen molar-refractivity contribution in [3.63, 3.8) is 0 Å². The first kappa shape index (κ1) is 14.7. The minimum absolute atomic E-state index is 0.614. The van der Waals surface area contributed by atoms with Crippen LogP contribution >= 0.6 is 11.6 Å². The number of hydrogen-bond acceptors (Lipinski definition) is 1. The fraction of sp³-hybridized carbons (Fsp3) is 0.222. The van der Waals surface area contributed by atoms with E-state index in [1.165, 1.54) is 0 Å². The zero-order chi connectivity index (χ0) is 14.6. The monoisotopic (exact) mass is 284 g/mol. The van der Waals surface area contributed by atoms with Crippen molar-refractivity contribution in [2.75, 3.05) is 0 Å². The summed E-state index contributed by atoms with van der Waals surface area (Å²) in [7, 11) is 0. The van der Waals surface area contributed by atoms with Crippen LogP contribution in [0.25, 0.3) is 11.1 Å². The standard InChI is InChI=1S/C18H17ClO/c1-3-18(2,20)13-12-14-4-6-15(7-5-14)16-8-10-17(19)11-9-16/h4-11,20H,3H2,1-2H3. The predicted octanol–water partition coefficient (Wildman–Crippen LogP) is 4.52. The van der Waals surface area contributed by atoms with Gasteiger partial charge in [-0.15, -0.1) is 0 Å². The van der Waals surface area contributed by atoms with Crippen LogP contribution < -0.4 is 0 Å². The Morgan fingerprint density at radius 3 is 2.00 bits per heavy atom. The van der Waals surface area contributed by atoms with Crippen molar-refractivity contribution in [1.82, 2.24) is 0 Å². The first-order chi connectivity index (χ1) is 9.50. The Balaban J connectivity index is 2.20. The number of aliphatic hydroxyl groups is 1. The van der Waals surface area contributed by atoms with Crippen molar-refractivity contribution in [3.05, 3.63) is 59.1 Å². The van der Waals surface area contributed by atoms with Crippen molar-refractivity contribution in [2.45, 2.75) is 25.9 Å². The third kappa shape index (κ3) is 3.87. The molecule has 1 nitrogen and oxygen atoms in total. The van der Waals surface area contributed by atoms with E-state index in [1.807, 2.05) is 55.5 Å². The lowest BCUT2D eigenvalue weighted by Gasteiger charge is -2.11. The largest absolute Gasteiger partial charge is 0.378 e. The fourth-order valence-corrected chi connectivity index (χ4v) is 1.81. The molecule has 0 saturated carbocycles. The van der Waals surface area contributed by atoms with Crippen molar-refractivity contribution in [2.24, 2.45) is 0 Å². The lowest BCUT2D eigenvalue weighted by molar-refractivity contribution is 0.118. The quantitative estimate of drug-likeness (QED) is 0.804. The molecule has 0 aromatic heterocycles. The average Bonchev–Trinajstić information content (AvgIpc) is 2.47. The fourth-order valence-electron chi connectivity index (χ4n) is 1.68. The minimum Gasteiger partial charge on any atom is -0.378 e. The molecule has 0 spiro atoms.